The van der Waals surface area contributed by atoms with Gasteiger partial charge in [-0.2, -0.15) is 5.10 Å². The molecule has 2 aliphatic heterocycles. The van der Waals surface area contributed by atoms with E-state index in [2.05, 4.69) is 17.2 Å². The molecule has 0 radical (unpaired) electrons. The summed E-state index contributed by atoms with van der Waals surface area (Å²) in [4.78, 5) is 14.5. The number of rotatable bonds is 5. The van der Waals surface area contributed by atoms with Crippen molar-refractivity contribution in [2.45, 2.75) is 44.2 Å². The first kappa shape index (κ1) is 19.0. The average Bonchev–Trinajstić information content (AvgIpc) is 3.22. The Balaban J connectivity index is 1.31. The number of likely N-dealkylation sites (tertiary alicyclic amines) is 1. The fourth-order valence-electron chi connectivity index (χ4n) is 4.54. The Morgan fingerprint density at radius 3 is 2.75 bits per heavy atom. The molecule has 2 aromatic rings. The number of methoxy groups -OCH3 is 1. The lowest BCUT2D eigenvalue weighted by molar-refractivity contribution is -0.147. The van der Waals surface area contributed by atoms with Crippen molar-refractivity contribution in [3.63, 3.8) is 0 Å². The molecular weight excluding hydrogens is 354 g/mol. The number of aromatic nitrogens is 2. The van der Waals surface area contributed by atoms with Crippen LogP contribution in [0.5, 0.6) is 5.75 Å². The van der Waals surface area contributed by atoms with Crippen LogP contribution in [-0.4, -0.2) is 53.0 Å². The Kier molecular flexibility index (Phi) is 5.67. The summed E-state index contributed by atoms with van der Waals surface area (Å²) >= 11 is 0. The summed E-state index contributed by atoms with van der Waals surface area (Å²) in [5.74, 6) is 1.68. The number of carbonyl (C=O) groups is 1. The Hall–Kier alpha value is -2.34. The van der Waals surface area contributed by atoms with E-state index in [-0.39, 0.29) is 11.5 Å². The van der Waals surface area contributed by atoms with Crippen LogP contribution in [0.3, 0.4) is 0 Å². The highest BCUT2D eigenvalue weighted by Crippen LogP contribution is 2.39. The Labute approximate surface area is 166 Å². The molecule has 150 valence electrons. The maximum atomic E-state index is 12.5. The highest BCUT2D eigenvalue weighted by molar-refractivity contribution is 5.76. The minimum Gasteiger partial charge on any atom is -0.497 e. The molecule has 3 heterocycles. The van der Waals surface area contributed by atoms with Crippen LogP contribution in [0.25, 0.3) is 0 Å². The van der Waals surface area contributed by atoms with Crippen LogP contribution in [0.1, 0.15) is 31.2 Å². The molecule has 0 saturated carbocycles. The van der Waals surface area contributed by atoms with E-state index in [1.807, 2.05) is 29.3 Å². The van der Waals surface area contributed by atoms with E-state index in [0.717, 1.165) is 57.6 Å². The van der Waals surface area contributed by atoms with E-state index in [0.29, 0.717) is 12.5 Å². The summed E-state index contributed by atoms with van der Waals surface area (Å²) in [7, 11) is 1.70. The number of nitrogens with zero attached hydrogens (tertiary/aromatic N) is 3. The quantitative estimate of drug-likeness (QED) is 0.797. The summed E-state index contributed by atoms with van der Waals surface area (Å²) in [5, 5.41) is 4.13. The molecule has 0 N–H and O–H groups in total. The fraction of sp³-hybridized carbons (Fsp3) is 0.545. The predicted octanol–water partition coefficient (Wildman–Crippen LogP) is 2.92. The topological polar surface area (TPSA) is 56.6 Å². The number of carbonyl (C=O) groups excluding carboxylic acids is 1. The third-order valence-corrected chi connectivity index (χ3v) is 6.16. The number of amides is 1. The van der Waals surface area contributed by atoms with Gasteiger partial charge in [0.05, 0.1) is 12.7 Å². The third kappa shape index (κ3) is 4.38. The molecular formula is C22H29N3O3. The molecule has 6 heteroatoms. The van der Waals surface area contributed by atoms with Crippen LogP contribution in [0.4, 0.5) is 0 Å². The van der Waals surface area contributed by atoms with E-state index in [1.54, 1.807) is 18.0 Å². The van der Waals surface area contributed by atoms with Crippen molar-refractivity contribution >= 4 is 5.91 Å². The lowest BCUT2D eigenvalue weighted by Gasteiger charge is -2.46. The number of hydrogen-bond donors (Lipinski definition) is 0. The number of piperidine rings is 1. The average molecular weight is 383 g/mol. The van der Waals surface area contributed by atoms with Crippen molar-refractivity contribution < 1.29 is 14.3 Å². The Morgan fingerprint density at radius 1 is 1.29 bits per heavy atom. The van der Waals surface area contributed by atoms with Gasteiger partial charge in [-0.3, -0.25) is 9.48 Å². The van der Waals surface area contributed by atoms with E-state index in [4.69, 9.17) is 9.47 Å². The minimum absolute atomic E-state index is 0.0577. The van der Waals surface area contributed by atoms with Gasteiger partial charge in [-0.05, 0) is 61.8 Å². The van der Waals surface area contributed by atoms with Crippen LogP contribution in [0.2, 0.25) is 0 Å². The van der Waals surface area contributed by atoms with Crippen LogP contribution >= 0.6 is 0 Å². The van der Waals surface area contributed by atoms with Crippen molar-refractivity contribution in [2.75, 3.05) is 26.8 Å². The molecule has 1 spiro atoms. The zero-order chi connectivity index (χ0) is 19.4. The second-order valence-electron chi connectivity index (χ2n) is 8.03. The van der Waals surface area contributed by atoms with Crippen molar-refractivity contribution in [1.29, 1.82) is 0 Å². The van der Waals surface area contributed by atoms with Crippen LogP contribution < -0.4 is 4.74 Å². The van der Waals surface area contributed by atoms with Gasteiger partial charge in [-0.25, -0.2) is 0 Å². The number of hydrogen-bond acceptors (Lipinski definition) is 4. The molecule has 1 atom stereocenters. The molecule has 2 saturated heterocycles. The van der Waals surface area contributed by atoms with Crippen LogP contribution in [-0.2, 0) is 22.5 Å². The molecule has 1 unspecified atom stereocenters. The molecule has 4 rings (SSSR count). The van der Waals surface area contributed by atoms with Crippen molar-refractivity contribution in [3.8, 4) is 5.75 Å². The maximum Gasteiger partial charge on any atom is 0.244 e. The minimum atomic E-state index is -0.0577. The third-order valence-electron chi connectivity index (χ3n) is 6.16. The summed E-state index contributed by atoms with van der Waals surface area (Å²) in [6.07, 6.45) is 8.66. The van der Waals surface area contributed by atoms with E-state index < -0.39 is 0 Å². The highest BCUT2D eigenvalue weighted by atomic mass is 16.5. The zero-order valence-electron chi connectivity index (χ0n) is 16.5. The molecule has 1 aromatic heterocycles. The van der Waals surface area contributed by atoms with Gasteiger partial charge < -0.3 is 14.4 Å². The van der Waals surface area contributed by atoms with Gasteiger partial charge in [0.25, 0.3) is 0 Å². The molecule has 0 bridgehead atoms. The SMILES string of the molecule is COc1ccc(CC2CCOC3(CCN(C(=O)Cn4cccn4)CC3)C2)cc1. The largest absolute Gasteiger partial charge is 0.497 e. The summed E-state index contributed by atoms with van der Waals surface area (Å²) in [6, 6.07) is 10.2. The van der Waals surface area contributed by atoms with Gasteiger partial charge in [0.2, 0.25) is 5.91 Å². The molecule has 2 aliphatic rings. The van der Waals surface area contributed by atoms with Crippen LogP contribution in [0, 0.1) is 5.92 Å². The van der Waals surface area contributed by atoms with Gasteiger partial charge in [0.15, 0.2) is 0 Å². The zero-order valence-corrected chi connectivity index (χ0v) is 16.5. The first-order valence-electron chi connectivity index (χ1n) is 10.2. The van der Waals surface area contributed by atoms with Crippen molar-refractivity contribution in [1.82, 2.24) is 14.7 Å². The van der Waals surface area contributed by atoms with Gasteiger partial charge in [-0.1, -0.05) is 12.1 Å². The molecule has 2 fully saturated rings. The predicted molar refractivity (Wildman–Crippen MR) is 106 cm³/mol. The molecule has 28 heavy (non-hydrogen) atoms. The van der Waals surface area contributed by atoms with E-state index >= 15 is 0 Å². The smallest absolute Gasteiger partial charge is 0.244 e. The molecule has 0 aliphatic carbocycles. The van der Waals surface area contributed by atoms with Crippen molar-refractivity contribution in [3.05, 3.63) is 48.3 Å². The van der Waals surface area contributed by atoms with Gasteiger partial charge in [-0.15, -0.1) is 0 Å². The molecule has 1 aromatic carbocycles. The lowest BCUT2D eigenvalue weighted by Crippen LogP contribution is -2.51. The second kappa shape index (κ2) is 8.35. The van der Waals surface area contributed by atoms with Crippen LogP contribution in [0.15, 0.2) is 42.7 Å². The first-order valence-corrected chi connectivity index (χ1v) is 10.2. The molecule has 1 amide bonds. The Morgan fingerprint density at radius 2 is 2.07 bits per heavy atom. The second-order valence-corrected chi connectivity index (χ2v) is 8.03. The summed E-state index contributed by atoms with van der Waals surface area (Å²) in [6.45, 7) is 2.69. The normalized spacial score (nSPS) is 21.6. The van der Waals surface area contributed by atoms with Gasteiger partial charge in [0.1, 0.15) is 12.3 Å². The summed E-state index contributed by atoms with van der Waals surface area (Å²) in [5.41, 5.74) is 1.30. The fourth-order valence-corrected chi connectivity index (χ4v) is 4.54. The lowest BCUT2D eigenvalue weighted by atomic mass is 9.77. The van der Waals surface area contributed by atoms with E-state index in [1.165, 1.54) is 5.56 Å². The van der Waals surface area contributed by atoms with E-state index in [9.17, 15) is 4.79 Å². The molecule has 6 nitrogen and oxygen atoms in total. The highest BCUT2D eigenvalue weighted by Gasteiger charge is 2.41. The first-order chi connectivity index (χ1) is 13.7. The standard InChI is InChI=1S/C22H29N3O3/c1-27-20-5-3-18(4-6-20)15-19-7-14-28-22(16-19)8-12-24(13-9-22)21(26)17-25-11-2-10-23-25/h2-6,10-11,19H,7-9,12-17H2,1H3. The Bertz CT molecular complexity index is 765. The monoisotopic (exact) mass is 383 g/mol. The van der Waals surface area contributed by atoms with Gasteiger partial charge >= 0.3 is 0 Å². The maximum absolute atomic E-state index is 12.5. The number of ether oxygens (including phenoxy) is 2. The number of benzene rings is 1. The summed E-state index contributed by atoms with van der Waals surface area (Å²) < 4.78 is 13.2. The van der Waals surface area contributed by atoms with Crippen molar-refractivity contribution in [2.24, 2.45) is 5.92 Å². The van der Waals surface area contributed by atoms with Gasteiger partial charge in [0, 0.05) is 32.1 Å².